The number of aliphatic carboxylic acids is 1. The van der Waals surface area contributed by atoms with Crippen LogP contribution in [0, 0.1) is 12.3 Å². The van der Waals surface area contributed by atoms with Gasteiger partial charge in [0, 0.05) is 13.0 Å². The van der Waals surface area contributed by atoms with Crippen LogP contribution in [-0.4, -0.2) is 23.8 Å². The van der Waals surface area contributed by atoms with Gasteiger partial charge in [0.2, 0.25) is 0 Å². The summed E-state index contributed by atoms with van der Waals surface area (Å²) in [6, 6.07) is 9.54. The van der Waals surface area contributed by atoms with Crippen molar-refractivity contribution in [1.29, 1.82) is 0 Å². The first kappa shape index (κ1) is 11.1. The van der Waals surface area contributed by atoms with E-state index >= 15 is 0 Å². The Morgan fingerprint density at radius 1 is 1.44 bits per heavy atom. The molecule has 1 heterocycles. The molecular formula is C13H15O3. The standard InChI is InChI=1S/C13H15O3/c14-13(15)11(12-7-4-8-16-12)9-10-5-2-1-3-6-10/h1-3,5-6,9,11-12H,4,7-8H2,(H,14,15). The van der Waals surface area contributed by atoms with Gasteiger partial charge in [-0.05, 0) is 18.4 Å². The SMILES string of the molecule is O=C(O)C([CH]c1ccccc1)C1CCCO1. The Labute approximate surface area is 95.0 Å². The summed E-state index contributed by atoms with van der Waals surface area (Å²) in [6.07, 6.45) is 3.40. The number of hydrogen-bond acceptors (Lipinski definition) is 2. The summed E-state index contributed by atoms with van der Waals surface area (Å²) < 4.78 is 5.44. The highest BCUT2D eigenvalue weighted by Crippen LogP contribution is 2.25. The molecule has 1 N–H and O–H groups in total. The van der Waals surface area contributed by atoms with E-state index in [0.29, 0.717) is 6.61 Å². The summed E-state index contributed by atoms with van der Waals surface area (Å²) >= 11 is 0. The van der Waals surface area contributed by atoms with Gasteiger partial charge in [0.15, 0.2) is 0 Å². The first-order chi connectivity index (χ1) is 7.77. The largest absolute Gasteiger partial charge is 0.481 e. The summed E-state index contributed by atoms with van der Waals surface area (Å²) in [5.74, 6) is -1.35. The molecule has 0 aliphatic carbocycles. The van der Waals surface area contributed by atoms with Gasteiger partial charge in [-0.2, -0.15) is 0 Å². The first-order valence-corrected chi connectivity index (χ1v) is 5.52. The van der Waals surface area contributed by atoms with Gasteiger partial charge in [0.25, 0.3) is 0 Å². The van der Waals surface area contributed by atoms with Gasteiger partial charge >= 0.3 is 5.97 Å². The molecule has 3 heteroatoms. The molecule has 85 valence electrons. The number of carboxylic acids is 1. The quantitative estimate of drug-likeness (QED) is 0.843. The molecule has 2 rings (SSSR count). The van der Waals surface area contributed by atoms with Gasteiger partial charge in [-0.1, -0.05) is 30.3 Å². The molecule has 3 nitrogen and oxygen atoms in total. The monoisotopic (exact) mass is 219 g/mol. The number of ether oxygens (including phenoxy) is 1. The summed E-state index contributed by atoms with van der Waals surface area (Å²) in [7, 11) is 0. The van der Waals surface area contributed by atoms with Crippen molar-refractivity contribution in [2.24, 2.45) is 5.92 Å². The number of hydrogen-bond donors (Lipinski definition) is 1. The molecule has 1 aliphatic heterocycles. The molecule has 1 saturated heterocycles. The van der Waals surface area contributed by atoms with Gasteiger partial charge in [-0.15, -0.1) is 0 Å². The third-order valence-corrected chi connectivity index (χ3v) is 2.82. The molecule has 1 aromatic rings. The zero-order valence-electron chi connectivity index (χ0n) is 9.00. The summed E-state index contributed by atoms with van der Waals surface area (Å²) in [5, 5.41) is 9.18. The lowest BCUT2D eigenvalue weighted by Crippen LogP contribution is -2.28. The van der Waals surface area contributed by atoms with Crippen LogP contribution in [0.5, 0.6) is 0 Å². The van der Waals surface area contributed by atoms with E-state index in [9.17, 15) is 9.90 Å². The van der Waals surface area contributed by atoms with Crippen molar-refractivity contribution < 1.29 is 14.6 Å². The van der Waals surface area contributed by atoms with Crippen LogP contribution in [-0.2, 0) is 9.53 Å². The molecular weight excluding hydrogens is 204 g/mol. The number of rotatable bonds is 4. The number of benzene rings is 1. The van der Waals surface area contributed by atoms with Crippen molar-refractivity contribution in [3.63, 3.8) is 0 Å². The van der Waals surface area contributed by atoms with Crippen molar-refractivity contribution in [3.05, 3.63) is 42.3 Å². The van der Waals surface area contributed by atoms with Crippen LogP contribution < -0.4 is 0 Å². The Kier molecular flexibility index (Phi) is 3.57. The Morgan fingerprint density at radius 3 is 2.75 bits per heavy atom. The highest BCUT2D eigenvalue weighted by atomic mass is 16.5. The van der Waals surface area contributed by atoms with Crippen LogP contribution in [0.3, 0.4) is 0 Å². The minimum Gasteiger partial charge on any atom is -0.481 e. The smallest absolute Gasteiger partial charge is 0.309 e. The predicted molar refractivity (Wildman–Crippen MR) is 59.9 cm³/mol. The van der Waals surface area contributed by atoms with E-state index < -0.39 is 11.9 Å². The van der Waals surface area contributed by atoms with Crippen LogP contribution in [0.4, 0.5) is 0 Å². The average molecular weight is 219 g/mol. The lowest BCUT2D eigenvalue weighted by molar-refractivity contribution is -0.144. The van der Waals surface area contributed by atoms with Crippen LogP contribution in [0.15, 0.2) is 30.3 Å². The second kappa shape index (κ2) is 5.12. The van der Waals surface area contributed by atoms with Crippen molar-refractivity contribution >= 4 is 5.97 Å². The zero-order valence-corrected chi connectivity index (χ0v) is 9.00. The second-order valence-corrected chi connectivity index (χ2v) is 3.99. The van der Waals surface area contributed by atoms with Crippen LogP contribution in [0.1, 0.15) is 18.4 Å². The fraction of sp³-hybridized carbons (Fsp3) is 0.385. The van der Waals surface area contributed by atoms with Crippen molar-refractivity contribution in [2.45, 2.75) is 18.9 Å². The van der Waals surface area contributed by atoms with Gasteiger partial charge in [0.1, 0.15) is 0 Å². The van der Waals surface area contributed by atoms with Gasteiger partial charge in [-0.25, -0.2) is 0 Å². The molecule has 16 heavy (non-hydrogen) atoms. The van der Waals surface area contributed by atoms with E-state index in [2.05, 4.69) is 0 Å². The molecule has 2 atom stereocenters. The highest BCUT2D eigenvalue weighted by molar-refractivity contribution is 5.73. The molecule has 0 aromatic heterocycles. The van der Waals surface area contributed by atoms with E-state index in [-0.39, 0.29) is 6.10 Å². The molecule has 1 radical (unpaired) electrons. The molecule has 0 spiro atoms. The van der Waals surface area contributed by atoms with E-state index in [1.165, 1.54) is 0 Å². The lowest BCUT2D eigenvalue weighted by atomic mass is 9.92. The van der Waals surface area contributed by atoms with E-state index in [0.717, 1.165) is 18.4 Å². The Balaban J connectivity index is 2.05. The average Bonchev–Trinajstić information content (AvgIpc) is 2.80. The number of carbonyl (C=O) groups is 1. The Morgan fingerprint density at radius 2 is 2.19 bits per heavy atom. The highest BCUT2D eigenvalue weighted by Gasteiger charge is 2.31. The van der Waals surface area contributed by atoms with Crippen molar-refractivity contribution in [3.8, 4) is 0 Å². The maximum absolute atomic E-state index is 11.2. The first-order valence-electron chi connectivity index (χ1n) is 5.52. The molecule has 1 aliphatic rings. The third kappa shape index (κ3) is 2.61. The Hall–Kier alpha value is -1.35. The molecule has 1 aromatic carbocycles. The third-order valence-electron chi connectivity index (χ3n) is 2.82. The number of carboxylic acid groups (broad SMARTS) is 1. The zero-order chi connectivity index (χ0) is 11.4. The molecule has 2 unspecified atom stereocenters. The normalized spacial score (nSPS) is 21.9. The summed E-state index contributed by atoms with van der Waals surface area (Å²) in [6.45, 7) is 0.678. The second-order valence-electron chi connectivity index (χ2n) is 3.99. The maximum Gasteiger partial charge on any atom is 0.309 e. The fourth-order valence-corrected chi connectivity index (χ4v) is 1.99. The van der Waals surface area contributed by atoms with Crippen LogP contribution in [0.2, 0.25) is 0 Å². The minimum absolute atomic E-state index is 0.169. The van der Waals surface area contributed by atoms with E-state index in [1.54, 1.807) is 6.42 Å². The maximum atomic E-state index is 11.2. The van der Waals surface area contributed by atoms with Gasteiger partial charge in [-0.3, -0.25) is 4.79 Å². The summed E-state index contributed by atoms with van der Waals surface area (Å²) in [4.78, 5) is 11.2. The topological polar surface area (TPSA) is 46.5 Å². The van der Waals surface area contributed by atoms with E-state index in [4.69, 9.17) is 4.74 Å². The lowest BCUT2D eigenvalue weighted by Gasteiger charge is -2.18. The minimum atomic E-state index is -0.809. The predicted octanol–water partition coefficient (Wildman–Crippen LogP) is 2.12. The van der Waals surface area contributed by atoms with Crippen molar-refractivity contribution in [1.82, 2.24) is 0 Å². The van der Waals surface area contributed by atoms with Crippen molar-refractivity contribution in [2.75, 3.05) is 6.61 Å². The van der Waals surface area contributed by atoms with Crippen LogP contribution >= 0.6 is 0 Å². The summed E-state index contributed by atoms with van der Waals surface area (Å²) in [5.41, 5.74) is 0.936. The molecule has 0 saturated carbocycles. The van der Waals surface area contributed by atoms with Gasteiger partial charge in [0.05, 0.1) is 12.0 Å². The molecule has 0 amide bonds. The van der Waals surface area contributed by atoms with Gasteiger partial charge < -0.3 is 9.84 Å². The molecule has 0 bridgehead atoms. The van der Waals surface area contributed by atoms with E-state index in [1.807, 2.05) is 30.3 Å². The Bertz CT molecular complexity index is 341. The fourth-order valence-electron chi connectivity index (χ4n) is 1.99. The molecule has 1 fully saturated rings. The van der Waals surface area contributed by atoms with Crippen LogP contribution in [0.25, 0.3) is 0 Å².